The number of nitrogens with one attached hydrogen (secondary N) is 2. The molecular weight excluding hydrogens is 346 g/mol. The van der Waals surface area contributed by atoms with Gasteiger partial charge in [-0.3, -0.25) is 19.7 Å². The maximum Gasteiger partial charge on any atom is 0.232 e. The Morgan fingerprint density at radius 1 is 1.07 bits per heavy atom. The second-order valence-electron chi connectivity index (χ2n) is 6.60. The van der Waals surface area contributed by atoms with Gasteiger partial charge < -0.3 is 10.2 Å². The first-order valence-electron chi connectivity index (χ1n) is 8.63. The molecule has 2 aromatic rings. The number of nitrogens with zero attached hydrogens (tertiary/aromatic N) is 3. The van der Waals surface area contributed by atoms with E-state index >= 15 is 0 Å². The molecular formula is C19H21N5O3. The third kappa shape index (κ3) is 4.46. The van der Waals surface area contributed by atoms with E-state index in [1.54, 1.807) is 29.2 Å². The molecule has 1 unspecified atom stereocenters. The lowest BCUT2D eigenvalue weighted by Crippen LogP contribution is -2.28. The summed E-state index contributed by atoms with van der Waals surface area (Å²) in [5, 5.41) is 5.38. The van der Waals surface area contributed by atoms with Crippen molar-refractivity contribution in [2.75, 3.05) is 22.1 Å². The van der Waals surface area contributed by atoms with Gasteiger partial charge in [-0.2, -0.15) is 0 Å². The van der Waals surface area contributed by atoms with Crippen molar-refractivity contribution >= 4 is 35.0 Å². The number of rotatable bonds is 4. The summed E-state index contributed by atoms with van der Waals surface area (Å²) in [6.45, 7) is 5.38. The molecule has 3 rings (SSSR count). The zero-order chi connectivity index (χ0) is 19.6. The Hall–Kier alpha value is -3.29. The molecule has 3 amide bonds. The molecule has 0 spiro atoms. The van der Waals surface area contributed by atoms with Gasteiger partial charge in [0.15, 0.2) is 0 Å². The van der Waals surface area contributed by atoms with Crippen LogP contribution in [0.4, 0.5) is 17.3 Å². The van der Waals surface area contributed by atoms with Crippen LogP contribution in [-0.4, -0.2) is 34.2 Å². The van der Waals surface area contributed by atoms with Gasteiger partial charge in [-0.05, 0) is 44.2 Å². The Bertz CT molecular complexity index is 874. The van der Waals surface area contributed by atoms with Crippen LogP contribution >= 0.6 is 0 Å². The number of anilines is 3. The number of hydrogen-bond acceptors (Lipinski definition) is 5. The van der Waals surface area contributed by atoms with Crippen molar-refractivity contribution in [3.05, 3.63) is 41.7 Å². The largest absolute Gasteiger partial charge is 0.326 e. The third-order valence-corrected chi connectivity index (χ3v) is 4.21. The van der Waals surface area contributed by atoms with E-state index in [9.17, 15) is 14.4 Å². The van der Waals surface area contributed by atoms with E-state index in [4.69, 9.17) is 0 Å². The van der Waals surface area contributed by atoms with E-state index in [-0.39, 0.29) is 36.6 Å². The molecule has 8 nitrogen and oxygen atoms in total. The van der Waals surface area contributed by atoms with Crippen LogP contribution in [0.2, 0.25) is 0 Å². The Morgan fingerprint density at radius 2 is 1.70 bits per heavy atom. The number of hydrogen-bond donors (Lipinski definition) is 2. The number of aryl methyl sites for hydroxylation is 2. The molecule has 0 saturated carbocycles. The van der Waals surface area contributed by atoms with Gasteiger partial charge in [0.1, 0.15) is 0 Å². The Balaban J connectivity index is 1.67. The molecule has 0 bridgehead atoms. The fraction of sp³-hybridized carbons (Fsp3) is 0.316. The molecule has 0 aliphatic carbocycles. The van der Waals surface area contributed by atoms with Gasteiger partial charge in [-0.1, -0.05) is 0 Å². The Labute approximate surface area is 157 Å². The maximum atomic E-state index is 12.5. The zero-order valence-electron chi connectivity index (χ0n) is 15.4. The van der Waals surface area contributed by atoms with Gasteiger partial charge in [-0.25, -0.2) is 9.97 Å². The van der Waals surface area contributed by atoms with Crippen LogP contribution in [0.5, 0.6) is 0 Å². The summed E-state index contributed by atoms with van der Waals surface area (Å²) >= 11 is 0. The van der Waals surface area contributed by atoms with Crippen LogP contribution in [0.15, 0.2) is 30.3 Å². The van der Waals surface area contributed by atoms with Crippen molar-refractivity contribution in [2.24, 2.45) is 5.92 Å². The van der Waals surface area contributed by atoms with Gasteiger partial charge in [0.05, 0.1) is 5.92 Å². The maximum absolute atomic E-state index is 12.5. The normalized spacial score (nSPS) is 16.3. The smallest absolute Gasteiger partial charge is 0.232 e. The minimum atomic E-state index is -0.475. The van der Waals surface area contributed by atoms with E-state index in [2.05, 4.69) is 20.6 Å². The van der Waals surface area contributed by atoms with Crippen LogP contribution in [0.3, 0.4) is 0 Å². The summed E-state index contributed by atoms with van der Waals surface area (Å²) < 4.78 is 0. The molecule has 1 atom stereocenters. The molecule has 1 aliphatic heterocycles. The van der Waals surface area contributed by atoms with Gasteiger partial charge in [0.25, 0.3) is 0 Å². The van der Waals surface area contributed by atoms with Crippen molar-refractivity contribution in [3.63, 3.8) is 0 Å². The summed E-state index contributed by atoms with van der Waals surface area (Å²) in [7, 11) is 0. The number of carbonyl (C=O) groups excluding carboxylic acids is 3. The van der Waals surface area contributed by atoms with Crippen molar-refractivity contribution < 1.29 is 14.4 Å². The third-order valence-electron chi connectivity index (χ3n) is 4.21. The highest BCUT2D eigenvalue weighted by Crippen LogP contribution is 2.27. The fourth-order valence-corrected chi connectivity index (χ4v) is 3.05. The first-order chi connectivity index (χ1) is 12.8. The lowest BCUT2D eigenvalue weighted by molar-refractivity contribution is -0.122. The van der Waals surface area contributed by atoms with E-state index in [1.807, 2.05) is 19.9 Å². The first kappa shape index (κ1) is 18.5. The molecule has 1 aliphatic rings. The molecule has 8 heteroatoms. The average Bonchev–Trinajstić information content (AvgIpc) is 2.96. The quantitative estimate of drug-likeness (QED) is 0.860. The molecule has 1 fully saturated rings. The fourth-order valence-electron chi connectivity index (χ4n) is 3.05. The predicted molar refractivity (Wildman–Crippen MR) is 101 cm³/mol. The van der Waals surface area contributed by atoms with Gasteiger partial charge in [-0.15, -0.1) is 0 Å². The SMILES string of the molecule is CC(=O)Nc1ccc(N2CC(C(=O)Nc3nc(C)cc(C)n3)CC2=O)cc1. The van der Waals surface area contributed by atoms with E-state index in [0.29, 0.717) is 11.4 Å². The molecule has 2 heterocycles. The topological polar surface area (TPSA) is 104 Å². The summed E-state index contributed by atoms with van der Waals surface area (Å²) in [4.78, 5) is 45.9. The Kier molecular flexibility index (Phi) is 5.16. The van der Waals surface area contributed by atoms with E-state index in [0.717, 1.165) is 11.4 Å². The average molecular weight is 367 g/mol. The summed E-state index contributed by atoms with van der Waals surface area (Å²) in [6, 6.07) is 8.76. The van der Waals surface area contributed by atoms with Crippen LogP contribution in [-0.2, 0) is 14.4 Å². The first-order valence-corrected chi connectivity index (χ1v) is 8.63. The minimum Gasteiger partial charge on any atom is -0.326 e. The van der Waals surface area contributed by atoms with E-state index in [1.165, 1.54) is 6.92 Å². The summed E-state index contributed by atoms with van der Waals surface area (Å²) in [5.41, 5.74) is 2.87. The molecule has 140 valence electrons. The number of amides is 3. The monoisotopic (exact) mass is 367 g/mol. The van der Waals surface area contributed by atoms with Gasteiger partial charge in [0, 0.05) is 42.7 Å². The molecule has 2 N–H and O–H groups in total. The predicted octanol–water partition coefficient (Wildman–Crippen LogP) is 2.04. The highest BCUT2D eigenvalue weighted by atomic mass is 16.2. The molecule has 27 heavy (non-hydrogen) atoms. The lowest BCUT2D eigenvalue weighted by atomic mass is 10.1. The summed E-state index contributed by atoms with van der Waals surface area (Å²) in [5.74, 6) is -0.778. The standard InChI is InChI=1S/C19H21N5O3/c1-11-8-12(2)21-19(20-11)23-18(27)14-9-17(26)24(10-14)16-6-4-15(5-7-16)22-13(3)25/h4-8,14H,9-10H2,1-3H3,(H,22,25)(H,20,21,23,27). The zero-order valence-corrected chi connectivity index (χ0v) is 15.4. The van der Waals surface area contributed by atoms with Gasteiger partial charge in [0.2, 0.25) is 23.7 Å². The van der Waals surface area contributed by atoms with E-state index < -0.39 is 5.92 Å². The Morgan fingerprint density at radius 3 is 2.30 bits per heavy atom. The molecule has 1 aromatic carbocycles. The number of aromatic nitrogens is 2. The van der Waals surface area contributed by atoms with Crippen molar-refractivity contribution in [2.45, 2.75) is 27.2 Å². The molecule has 1 aromatic heterocycles. The summed E-state index contributed by atoms with van der Waals surface area (Å²) in [6.07, 6.45) is 0.129. The van der Waals surface area contributed by atoms with Crippen LogP contribution in [0.1, 0.15) is 24.7 Å². The number of carbonyl (C=O) groups is 3. The van der Waals surface area contributed by atoms with Gasteiger partial charge >= 0.3 is 0 Å². The molecule has 1 saturated heterocycles. The van der Waals surface area contributed by atoms with Crippen LogP contribution in [0, 0.1) is 19.8 Å². The van der Waals surface area contributed by atoms with Crippen molar-refractivity contribution in [3.8, 4) is 0 Å². The van der Waals surface area contributed by atoms with Crippen molar-refractivity contribution in [1.29, 1.82) is 0 Å². The number of benzene rings is 1. The second kappa shape index (κ2) is 7.53. The van der Waals surface area contributed by atoms with Crippen LogP contribution in [0.25, 0.3) is 0 Å². The van der Waals surface area contributed by atoms with Crippen LogP contribution < -0.4 is 15.5 Å². The van der Waals surface area contributed by atoms with Crippen molar-refractivity contribution in [1.82, 2.24) is 9.97 Å². The molecule has 0 radical (unpaired) electrons. The highest BCUT2D eigenvalue weighted by Gasteiger charge is 2.35. The highest BCUT2D eigenvalue weighted by molar-refractivity contribution is 6.03. The lowest BCUT2D eigenvalue weighted by Gasteiger charge is -2.17. The minimum absolute atomic E-state index is 0.122. The second-order valence-corrected chi connectivity index (χ2v) is 6.60.